The fraction of sp³-hybridized carbons (Fsp3) is 0.353. The molecule has 1 aliphatic rings. The summed E-state index contributed by atoms with van der Waals surface area (Å²) in [4.78, 5) is 9.09. The average Bonchev–Trinajstić information content (AvgIpc) is 2.57. The summed E-state index contributed by atoms with van der Waals surface area (Å²) in [7, 11) is 0. The molecule has 1 saturated heterocycles. The van der Waals surface area contributed by atoms with Crippen molar-refractivity contribution in [3.05, 3.63) is 54.2 Å². The summed E-state index contributed by atoms with van der Waals surface area (Å²) >= 11 is 6.06. The third-order valence-electron chi connectivity index (χ3n) is 3.94. The average molecular weight is 457 g/mol. The third-order valence-corrected chi connectivity index (χ3v) is 4.27. The monoisotopic (exact) mass is 455 g/mol. The highest BCUT2D eigenvalue weighted by molar-refractivity contribution is 9.25. The number of piperazine rings is 1. The normalized spacial score (nSPS) is 16.2. The van der Waals surface area contributed by atoms with E-state index in [1.165, 1.54) is 0 Å². The van der Waals surface area contributed by atoms with Crippen LogP contribution in [0.25, 0.3) is 0 Å². The van der Waals surface area contributed by atoms with Crippen LogP contribution in [0.2, 0.25) is 0 Å². The first-order chi connectivity index (χ1) is 11.5. The van der Waals surface area contributed by atoms with Crippen LogP contribution >= 0.6 is 31.9 Å². The topological polar surface area (TPSA) is 48.8 Å². The van der Waals surface area contributed by atoms with Gasteiger partial charge in [-0.05, 0) is 18.2 Å². The largest absolute Gasteiger partial charge is 0.443 e. The van der Waals surface area contributed by atoms with Crippen molar-refractivity contribution in [1.82, 2.24) is 9.88 Å². The SMILES string of the molecule is OC(Br)(Br)Oc1ccccc1CN1CCN(c2ccccn2)CC1. The Kier molecular flexibility index (Phi) is 5.76. The number of hydrogen-bond donors (Lipinski definition) is 1. The molecule has 0 aliphatic carbocycles. The quantitative estimate of drug-likeness (QED) is 0.553. The number of benzene rings is 1. The minimum Gasteiger partial charge on any atom is -0.443 e. The van der Waals surface area contributed by atoms with Crippen molar-refractivity contribution in [2.45, 2.75) is 10.2 Å². The number of aliphatic hydroxyl groups is 1. The third kappa shape index (κ3) is 4.92. The maximum Gasteiger partial charge on any atom is 0.324 e. The van der Waals surface area contributed by atoms with E-state index in [0.29, 0.717) is 5.75 Å². The van der Waals surface area contributed by atoms with Crippen molar-refractivity contribution in [3.63, 3.8) is 0 Å². The van der Waals surface area contributed by atoms with Crippen molar-refractivity contribution in [2.75, 3.05) is 31.1 Å². The fourth-order valence-corrected chi connectivity index (χ4v) is 3.13. The van der Waals surface area contributed by atoms with E-state index in [4.69, 9.17) is 4.74 Å². The number of halogens is 2. The molecule has 0 atom stereocenters. The molecule has 2 heterocycles. The Morgan fingerprint density at radius 1 is 1.04 bits per heavy atom. The summed E-state index contributed by atoms with van der Waals surface area (Å²) in [5, 5.41) is 9.75. The van der Waals surface area contributed by atoms with Gasteiger partial charge in [-0.1, -0.05) is 24.3 Å². The van der Waals surface area contributed by atoms with Crippen LogP contribution < -0.4 is 9.64 Å². The van der Waals surface area contributed by atoms with Crippen LogP contribution in [0.3, 0.4) is 0 Å². The number of nitrogens with zero attached hydrogens (tertiary/aromatic N) is 3. The molecule has 1 aromatic heterocycles. The van der Waals surface area contributed by atoms with Crippen molar-refractivity contribution in [2.24, 2.45) is 0 Å². The van der Waals surface area contributed by atoms with Crippen molar-refractivity contribution < 1.29 is 9.84 Å². The first-order valence-corrected chi connectivity index (χ1v) is 9.35. The van der Waals surface area contributed by atoms with Gasteiger partial charge in [0.1, 0.15) is 11.6 Å². The molecule has 2 aromatic rings. The highest BCUT2D eigenvalue weighted by Gasteiger charge is 2.23. The molecule has 7 heteroatoms. The Bertz CT molecular complexity index is 656. The van der Waals surface area contributed by atoms with Gasteiger partial charge in [-0.15, -0.1) is 0 Å². The summed E-state index contributed by atoms with van der Waals surface area (Å²) in [6.07, 6.45) is 1.83. The first-order valence-electron chi connectivity index (χ1n) is 7.77. The highest BCUT2D eigenvalue weighted by Crippen LogP contribution is 2.30. The van der Waals surface area contributed by atoms with Gasteiger partial charge in [0, 0.05) is 76.3 Å². The molecule has 0 unspecified atom stereocenters. The van der Waals surface area contributed by atoms with Crippen LogP contribution in [-0.2, 0) is 6.54 Å². The van der Waals surface area contributed by atoms with Crippen LogP contribution in [0.5, 0.6) is 5.75 Å². The Labute approximate surface area is 158 Å². The number of hydrogen-bond acceptors (Lipinski definition) is 5. The van der Waals surface area contributed by atoms with Gasteiger partial charge in [0.2, 0.25) is 0 Å². The molecule has 1 aromatic carbocycles. The molecule has 1 N–H and O–H groups in total. The van der Waals surface area contributed by atoms with E-state index < -0.39 is 3.61 Å². The number of aromatic nitrogens is 1. The highest BCUT2D eigenvalue weighted by atomic mass is 79.9. The fourth-order valence-electron chi connectivity index (χ4n) is 2.78. The predicted molar refractivity (Wildman–Crippen MR) is 102 cm³/mol. The molecule has 0 radical (unpaired) electrons. The lowest BCUT2D eigenvalue weighted by atomic mass is 10.1. The summed E-state index contributed by atoms with van der Waals surface area (Å²) in [6.45, 7) is 4.58. The summed E-state index contributed by atoms with van der Waals surface area (Å²) in [5.41, 5.74) is 1.04. The number of rotatable bonds is 5. The minimum absolute atomic E-state index is 0.654. The molecule has 1 fully saturated rings. The molecular weight excluding hydrogens is 438 g/mol. The van der Waals surface area contributed by atoms with Crippen LogP contribution in [0, 0.1) is 0 Å². The second kappa shape index (κ2) is 7.82. The standard InChI is InChI=1S/C17H19Br2N3O2/c18-17(19,23)24-15-6-2-1-5-14(15)13-21-9-11-22(12-10-21)16-7-3-4-8-20-16/h1-8,23H,9-13H2. The second-order valence-electron chi connectivity index (χ2n) is 5.65. The molecule has 0 saturated carbocycles. The van der Waals surface area contributed by atoms with E-state index in [-0.39, 0.29) is 0 Å². The van der Waals surface area contributed by atoms with E-state index in [2.05, 4.69) is 46.6 Å². The molecule has 24 heavy (non-hydrogen) atoms. The van der Waals surface area contributed by atoms with E-state index in [9.17, 15) is 5.11 Å². The zero-order valence-electron chi connectivity index (χ0n) is 13.1. The van der Waals surface area contributed by atoms with Crippen molar-refractivity contribution in [1.29, 1.82) is 0 Å². The summed E-state index contributed by atoms with van der Waals surface area (Å²) in [5.74, 6) is 1.69. The Morgan fingerprint density at radius 2 is 1.75 bits per heavy atom. The molecule has 0 amide bonds. The molecular formula is C17H19Br2N3O2. The number of para-hydroxylation sites is 1. The van der Waals surface area contributed by atoms with Gasteiger partial charge in [-0.25, -0.2) is 4.98 Å². The maximum absolute atomic E-state index is 9.75. The van der Waals surface area contributed by atoms with Crippen LogP contribution in [0.4, 0.5) is 5.82 Å². The lowest BCUT2D eigenvalue weighted by Crippen LogP contribution is -2.46. The van der Waals surface area contributed by atoms with Gasteiger partial charge in [-0.3, -0.25) is 4.90 Å². The van der Waals surface area contributed by atoms with E-state index in [1.807, 2.05) is 48.7 Å². The molecule has 5 nitrogen and oxygen atoms in total. The number of pyridine rings is 1. The maximum atomic E-state index is 9.75. The molecule has 128 valence electrons. The zero-order valence-corrected chi connectivity index (χ0v) is 16.3. The zero-order chi connectivity index (χ0) is 17.0. The Balaban J connectivity index is 1.61. The lowest BCUT2D eigenvalue weighted by molar-refractivity contribution is 0.0414. The van der Waals surface area contributed by atoms with E-state index in [1.54, 1.807) is 0 Å². The predicted octanol–water partition coefficient (Wildman–Crippen LogP) is 3.18. The molecule has 0 spiro atoms. The smallest absolute Gasteiger partial charge is 0.324 e. The number of anilines is 1. The Hall–Kier alpha value is -1.15. The number of ether oxygens (including phenoxy) is 1. The molecule has 1 aliphatic heterocycles. The van der Waals surface area contributed by atoms with Crippen LogP contribution in [0.1, 0.15) is 5.56 Å². The Morgan fingerprint density at radius 3 is 2.42 bits per heavy atom. The minimum atomic E-state index is -1.55. The number of alkyl halides is 2. The van der Waals surface area contributed by atoms with Crippen molar-refractivity contribution >= 4 is 37.7 Å². The molecule has 3 rings (SSSR count). The van der Waals surface area contributed by atoms with Gasteiger partial charge in [0.05, 0.1) is 0 Å². The van der Waals surface area contributed by atoms with Gasteiger partial charge >= 0.3 is 3.61 Å². The summed E-state index contributed by atoms with van der Waals surface area (Å²) in [6, 6.07) is 13.7. The van der Waals surface area contributed by atoms with Gasteiger partial charge in [0.15, 0.2) is 0 Å². The first kappa shape index (κ1) is 17.7. The van der Waals surface area contributed by atoms with E-state index >= 15 is 0 Å². The van der Waals surface area contributed by atoms with E-state index in [0.717, 1.165) is 44.1 Å². The molecule has 0 bridgehead atoms. The van der Waals surface area contributed by atoms with Gasteiger partial charge in [0.25, 0.3) is 0 Å². The van der Waals surface area contributed by atoms with Gasteiger partial charge in [-0.2, -0.15) is 0 Å². The second-order valence-corrected chi connectivity index (χ2v) is 8.86. The lowest BCUT2D eigenvalue weighted by Gasteiger charge is -2.35. The van der Waals surface area contributed by atoms with Gasteiger partial charge < -0.3 is 14.7 Å². The van der Waals surface area contributed by atoms with Crippen LogP contribution in [-0.4, -0.2) is 44.8 Å². The van der Waals surface area contributed by atoms with Crippen LogP contribution in [0.15, 0.2) is 48.7 Å². The summed E-state index contributed by atoms with van der Waals surface area (Å²) < 4.78 is 3.96. The van der Waals surface area contributed by atoms with Crippen molar-refractivity contribution in [3.8, 4) is 5.75 Å².